The molecule has 1 aromatic carbocycles. The number of aliphatic hydroxyl groups excluding tert-OH is 1. The van der Waals surface area contributed by atoms with E-state index in [1.165, 1.54) is 12.8 Å². The van der Waals surface area contributed by atoms with Crippen LogP contribution in [-0.2, 0) is 9.53 Å². The summed E-state index contributed by atoms with van der Waals surface area (Å²) in [7, 11) is 0. The molecule has 2 bridgehead atoms. The van der Waals surface area contributed by atoms with Gasteiger partial charge < -0.3 is 24.8 Å². The molecule has 8 nitrogen and oxygen atoms in total. The average molecular weight is 444 g/mol. The molecule has 32 heavy (non-hydrogen) atoms. The summed E-state index contributed by atoms with van der Waals surface area (Å²) >= 11 is 0. The smallest absolute Gasteiger partial charge is 0.258 e. The molecule has 0 unspecified atom stereocenters. The summed E-state index contributed by atoms with van der Waals surface area (Å²) < 4.78 is 12.1. The van der Waals surface area contributed by atoms with Crippen molar-refractivity contribution in [3.8, 4) is 5.75 Å². The van der Waals surface area contributed by atoms with Gasteiger partial charge in [-0.3, -0.25) is 14.5 Å². The number of carbonyl (C=O) groups excluding carboxylic acids is 2. The van der Waals surface area contributed by atoms with E-state index in [0.717, 1.165) is 25.4 Å². The predicted molar refractivity (Wildman–Crippen MR) is 117 cm³/mol. The minimum absolute atomic E-state index is 0.0358. The zero-order valence-corrected chi connectivity index (χ0v) is 18.4. The van der Waals surface area contributed by atoms with E-state index < -0.39 is 18.2 Å². The number of amides is 2. The number of nitrogens with zero attached hydrogens (tertiary/aromatic N) is 2. The van der Waals surface area contributed by atoms with Crippen molar-refractivity contribution in [1.82, 2.24) is 15.1 Å². The second-order valence-corrected chi connectivity index (χ2v) is 9.54. The predicted octanol–water partition coefficient (Wildman–Crippen LogP) is 1.03. The van der Waals surface area contributed by atoms with Crippen LogP contribution in [0.1, 0.15) is 42.5 Å². The standard InChI is InChI=1S/C24H33N3O5/c28-20-8-7-17-9-12-31-21-4-2-1-3-18(21)24(30)27-11-10-26(14-16-5-6-16)15-19(27)23(29)25-13-22(20)32-17/h1-4,16-17,19-20,22,28H,5-15H2,(H,25,29)/t17-,19-,20-,22+/m0/s1. The van der Waals surface area contributed by atoms with E-state index in [1.54, 1.807) is 11.0 Å². The lowest BCUT2D eigenvalue weighted by Crippen LogP contribution is -2.61. The number of ether oxygens (including phenoxy) is 2. The zero-order valence-electron chi connectivity index (χ0n) is 18.4. The zero-order chi connectivity index (χ0) is 22.1. The van der Waals surface area contributed by atoms with Gasteiger partial charge in [-0.2, -0.15) is 0 Å². The van der Waals surface area contributed by atoms with Crippen LogP contribution in [0, 0.1) is 5.92 Å². The minimum Gasteiger partial charge on any atom is -0.493 e. The van der Waals surface area contributed by atoms with Crippen LogP contribution < -0.4 is 10.1 Å². The van der Waals surface area contributed by atoms with E-state index in [2.05, 4.69) is 10.2 Å². The summed E-state index contributed by atoms with van der Waals surface area (Å²) in [5, 5.41) is 13.4. The van der Waals surface area contributed by atoms with Crippen LogP contribution in [0.5, 0.6) is 5.75 Å². The number of benzene rings is 1. The number of hydrogen-bond acceptors (Lipinski definition) is 6. The molecular formula is C24H33N3O5. The lowest BCUT2D eigenvalue weighted by atomic mass is 9.99. The van der Waals surface area contributed by atoms with Crippen molar-refractivity contribution in [2.24, 2.45) is 5.92 Å². The van der Waals surface area contributed by atoms with E-state index >= 15 is 0 Å². The molecule has 8 heteroatoms. The molecule has 4 atom stereocenters. The summed E-state index contributed by atoms with van der Waals surface area (Å²) in [5.41, 5.74) is 0.496. The second kappa shape index (κ2) is 9.37. The molecule has 2 saturated heterocycles. The first kappa shape index (κ1) is 21.7. The van der Waals surface area contributed by atoms with Crippen molar-refractivity contribution >= 4 is 11.8 Å². The Kier molecular flexibility index (Phi) is 6.35. The number of rotatable bonds is 2. The van der Waals surface area contributed by atoms with E-state index in [1.807, 2.05) is 18.2 Å². The number of hydrogen-bond donors (Lipinski definition) is 2. The monoisotopic (exact) mass is 443 g/mol. The van der Waals surface area contributed by atoms with Gasteiger partial charge in [-0.1, -0.05) is 12.1 Å². The molecule has 1 aromatic rings. The van der Waals surface area contributed by atoms with Gasteiger partial charge in [0.05, 0.1) is 24.4 Å². The van der Waals surface area contributed by atoms with Gasteiger partial charge in [-0.25, -0.2) is 0 Å². The summed E-state index contributed by atoms with van der Waals surface area (Å²) in [4.78, 5) is 30.8. The van der Waals surface area contributed by atoms with Crippen LogP contribution in [0.25, 0.3) is 0 Å². The van der Waals surface area contributed by atoms with Gasteiger partial charge in [-0.05, 0) is 43.7 Å². The lowest BCUT2D eigenvalue weighted by molar-refractivity contribution is -0.135. The first-order valence-corrected chi connectivity index (χ1v) is 11.9. The SMILES string of the molecule is O=C1NC[C@H]2O[C@H](CCOc3ccccc3C(=O)N3CCN(CC4CC4)C[C@@H]13)CC[C@@H]2O. The van der Waals surface area contributed by atoms with Gasteiger partial charge in [0.25, 0.3) is 5.91 Å². The fourth-order valence-corrected chi connectivity index (χ4v) is 5.03. The van der Waals surface area contributed by atoms with Crippen molar-refractivity contribution in [3.63, 3.8) is 0 Å². The third kappa shape index (κ3) is 4.77. The van der Waals surface area contributed by atoms with Crippen molar-refractivity contribution in [2.45, 2.75) is 56.5 Å². The van der Waals surface area contributed by atoms with Gasteiger partial charge in [0, 0.05) is 39.1 Å². The van der Waals surface area contributed by atoms with E-state index in [0.29, 0.717) is 43.9 Å². The molecule has 1 aliphatic carbocycles. The summed E-state index contributed by atoms with van der Waals surface area (Å²) in [6.07, 6.45) is 3.48. The molecule has 3 heterocycles. The molecule has 4 aliphatic rings. The van der Waals surface area contributed by atoms with Crippen LogP contribution >= 0.6 is 0 Å². The van der Waals surface area contributed by atoms with Crippen LogP contribution in [0.2, 0.25) is 0 Å². The summed E-state index contributed by atoms with van der Waals surface area (Å²) in [6.45, 7) is 3.45. The van der Waals surface area contributed by atoms with Crippen molar-refractivity contribution < 1.29 is 24.2 Å². The number of aliphatic hydroxyl groups is 1. The average Bonchev–Trinajstić information content (AvgIpc) is 3.62. The molecule has 2 amide bonds. The fraction of sp³-hybridized carbons (Fsp3) is 0.667. The molecule has 174 valence electrons. The van der Waals surface area contributed by atoms with E-state index in [9.17, 15) is 14.7 Å². The highest BCUT2D eigenvalue weighted by Crippen LogP contribution is 2.31. The largest absolute Gasteiger partial charge is 0.493 e. The number of fused-ring (bicyclic) bond motifs is 4. The Morgan fingerprint density at radius 3 is 2.75 bits per heavy atom. The topological polar surface area (TPSA) is 91.3 Å². The normalized spacial score (nSPS) is 32.2. The van der Waals surface area contributed by atoms with Crippen LogP contribution in [0.4, 0.5) is 0 Å². The third-order valence-electron chi connectivity index (χ3n) is 7.11. The Bertz CT molecular complexity index is 845. The van der Waals surface area contributed by atoms with Crippen LogP contribution in [0.15, 0.2) is 24.3 Å². The van der Waals surface area contributed by atoms with Crippen molar-refractivity contribution in [2.75, 3.05) is 39.3 Å². The Labute approximate surface area is 188 Å². The van der Waals surface area contributed by atoms with Gasteiger partial charge in [0.15, 0.2) is 0 Å². The quantitative estimate of drug-likeness (QED) is 0.710. The first-order chi connectivity index (χ1) is 15.6. The molecular weight excluding hydrogens is 410 g/mol. The van der Waals surface area contributed by atoms with Crippen molar-refractivity contribution in [1.29, 1.82) is 0 Å². The molecule has 1 saturated carbocycles. The summed E-state index contributed by atoms with van der Waals surface area (Å²) in [5.74, 6) is 0.907. The highest BCUT2D eigenvalue weighted by Gasteiger charge is 2.39. The van der Waals surface area contributed by atoms with Gasteiger partial charge in [0.2, 0.25) is 5.91 Å². The van der Waals surface area contributed by atoms with Crippen LogP contribution in [0.3, 0.4) is 0 Å². The molecule has 0 aromatic heterocycles. The summed E-state index contributed by atoms with van der Waals surface area (Å²) in [6, 6.07) is 6.70. The highest BCUT2D eigenvalue weighted by atomic mass is 16.5. The minimum atomic E-state index is -0.600. The van der Waals surface area contributed by atoms with E-state index in [-0.39, 0.29) is 24.5 Å². The number of nitrogens with one attached hydrogen (secondary N) is 1. The maximum absolute atomic E-state index is 13.6. The molecule has 3 aliphatic heterocycles. The molecule has 2 N–H and O–H groups in total. The molecule has 5 rings (SSSR count). The first-order valence-electron chi connectivity index (χ1n) is 11.9. The Morgan fingerprint density at radius 2 is 1.91 bits per heavy atom. The fourth-order valence-electron chi connectivity index (χ4n) is 5.03. The number of piperazine rings is 1. The van der Waals surface area contributed by atoms with Crippen molar-refractivity contribution in [3.05, 3.63) is 29.8 Å². The van der Waals surface area contributed by atoms with Gasteiger partial charge in [0.1, 0.15) is 17.9 Å². The Hall–Kier alpha value is -2.16. The second-order valence-electron chi connectivity index (χ2n) is 9.54. The van der Waals surface area contributed by atoms with E-state index in [4.69, 9.17) is 9.47 Å². The number of carbonyl (C=O) groups is 2. The number of para-hydroxylation sites is 1. The maximum atomic E-state index is 13.6. The molecule has 3 fully saturated rings. The Balaban J connectivity index is 1.41. The third-order valence-corrected chi connectivity index (χ3v) is 7.11. The highest BCUT2D eigenvalue weighted by molar-refractivity contribution is 6.00. The lowest BCUT2D eigenvalue weighted by Gasteiger charge is -2.41. The Morgan fingerprint density at radius 1 is 1.06 bits per heavy atom. The maximum Gasteiger partial charge on any atom is 0.258 e. The van der Waals surface area contributed by atoms with Crippen LogP contribution in [-0.4, -0.2) is 90.4 Å². The van der Waals surface area contributed by atoms with Gasteiger partial charge >= 0.3 is 0 Å². The van der Waals surface area contributed by atoms with Gasteiger partial charge in [-0.15, -0.1) is 0 Å². The molecule has 0 radical (unpaired) electrons. The molecule has 0 spiro atoms.